The summed E-state index contributed by atoms with van der Waals surface area (Å²) in [4.78, 5) is 30.0. The molecule has 4 rings (SSSR count). The molecule has 1 saturated heterocycles. The second-order valence-electron chi connectivity index (χ2n) is 6.51. The van der Waals surface area contributed by atoms with E-state index in [0.29, 0.717) is 23.2 Å². The molecule has 1 aromatic heterocycles. The van der Waals surface area contributed by atoms with Crippen molar-refractivity contribution in [3.8, 4) is 0 Å². The molecule has 8 heteroatoms. The number of hydrogen-bond acceptors (Lipinski definition) is 6. The number of furan rings is 1. The quantitative estimate of drug-likeness (QED) is 0.323. The van der Waals surface area contributed by atoms with Crippen molar-refractivity contribution in [2.24, 2.45) is 4.99 Å². The van der Waals surface area contributed by atoms with Gasteiger partial charge in [0.25, 0.3) is 5.91 Å². The minimum Gasteiger partial charge on any atom is -0.401 e. The van der Waals surface area contributed by atoms with Crippen LogP contribution in [0.3, 0.4) is 0 Å². The molecule has 0 bridgehead atoms. The van der Waals surface area contributed by atoms with E-state index in [-0.39, 0.29) is 17.6 Å². The molecule has 3 aromatic rings. The van der Waals surface area contributed by atoms with E-state index in [2.05, 4.69) is 4.99 Å². The predicted octanol–water partition coefficient (Wildman–Crippen LogP) is 4.86. The Bertz CT molecular complexity index is 1120. The molecule has 0 radical (unpaired) electrons. The summed E-state index contributed by atoms with van der Waals surface area (Å²) in [5, 5.41) is 11.4. The van der Waals surface area contributed by atoms with Gasteiger partial charge >= 0.3 is 5.88 Å². The van der Waals surface area contributed by atoms with Gasteiger partial charge in [0, 0.05) is 6.08 Å². The molecule has 30 heavy (non-hydrogen) atoms. The van der Waals surface area contributed by atoms with Crippen molar-refractivity contribution in [1.29, 1.82) is 0 Å². The number of amidine groups is 1. The van der Waals surface area contributed by atoms with Gasteiger partial charge in [-0.05, 0) is 29.0 Å². The van der Waals surface area contributed by atoms with Crippen LogP contribution in [0.1, 0.15) is 16.9 Å². The lowest BCUT2D eigenvalue weighted by Gasteiger charge is -2.15. The Kier molecular flexibility index (Phi) is 5.76. The van der Waals surface area contributed by atoms with E-state index in [9.17, 15) is 14.9 Å². The second-order valence-corrected chi connectivity index (χ2v) is 7.51. The van der Waals surface area contributed by atoms with E-state index < -0.39 is 4.92 Å². The van der Waals surface area contributed by atoms with E-state index >= 15 is 0 Å². The first kappa shape index (κ1) is 19.7. The number of aliphatic imine (C=N–C) groups is 1. The summed E-state index contributed by atoms with van der Waals surface area (Å²) in [7, 11) is 0. The second kappa shape index (κ2) is 8.79. The van der Waals surface area contributed by atoms with Crippen molar-refractivity contribution in [1.82, 2.24) is 4.90 Å². The van der Waals surface area contributed by atoms with Crippen LogP contribution in [0, 0.1) is 10.1 Å². The van der Waals surface area contributed by atoms with E-state index in [1.165, 1.54) is 30.0 Å². The van der Waals surface area contributed by atoms with Crippen LogP contribution < -0.4 is 0 Å². The van der Waals surface area contributed by atoms with Gasteiger partial charge < -0.3 is 4.42 Å². The molecule has 1 aliphatic heterocycles. The van der Waals surface area contributed by atoms with Crippen LogP contribution in [0.4, 0.5) is 5.88 Å². The van der Waals surface area contributed by atoms with E-state index in [1.807, 2.05) is 60.7 Å². The first-order valence-electron chi connectivity index (χ1n) is 9.18. The highest BCUT2D eigenvalue weighted by atomic mass is 32.2. The SMILES string of the molecule is O=C1/C(=C/c2ccc([N+](=O)[O-])o2)SC(=NCc2ccccc2)N1Cc1ccccc1. The van der Waals surface area contributed by atoms with Gasteiger partial charge in [-0.1, -0.05) is 60.7 Å². The number of thioether (sulfide) groups is 1. The summed E-state index contributed by atoms with van der Waals surface area (Å²) in [6.07, 6.45) is 1.52. The zero-order valence-corrected chi connectivity index (χ0v) is 16.6. The average Bonchev–Trinajstić information content (AvgIpc) is 3.35. The monoisotopic (exact) mass is 419 g/mol. The topological polar surface area (TPSA) is 88.9 Å². The minimum absolute atomic E-state index is 0.213. The zero-order valence-electron chi connectivity index (χ0n) is 15.8. The van der Waals surface area contributed by atoms with Gasteiger partial charge in [0.05, 0.1) is 24.1 Å². The standard InChI is InChI=1S/C22H17N3O4S/c26-21-19(13-18-11-12-20(29-18)25(27)28)30-22(23-14-16-7-3-1-4-8-16)24(21)15-17-9-5-2-6-10-17/h1-13H,14-15H2/b19-13-,23-22?. The summed E-state index contributed by atoms with van der Waals surface area (Å²) in [6, 6.07) is 22.2. The van der Waals surface area contributed by atoms with Gasteiger partial charge in [-0.15, -0.1) is 0 Å². The van der Waals surface area contributed by atoms with Crippen LogP contribution in [0.15, 0.2) is 87.1 Å². The predicted molar refractivity (Wildman–Crippen MR) is 116 cm³/mol. The number of carbonyl (C=O) groups excluding carboxylic acids is 1. The summed E-state index contributed by atoms with van der Waals surface area (Å²) >= 11 is 1.24. The van der Waals surface area contributed by atoms with Gasteiger partial charge in [0.1, 0.15) is 10.7 Å². The molecule has 0 unspecified atom stereocenters. The molecule has 150 valence electrons. The maximum Gasteiger partial charge on any atom is 0.433 e. The van der Waals surface area contributed by atoms with Gasteiger partial charge in [0.2, 0.25) is 0 Å². The summed E-state index contributed by atoms with van der Waals surface area (Å²) in [6.45, 7) is 0.831. The lowest BCUT2D eigenvalue weighted by molar-refractivity contribution is -0.402. The molecule has 1 aliphatic rings. The zero-order chi connectivity index (χ0) is 20.9. The highest BCUT2D eigenvalue weighted by Crippen LogP contribution is 2.34. The largest absolute Gasteiger partial charge is 0.433 e. The molecule has 0 aliphatic carbocycles. The summed E-state index contributed by atoms with van der Waals surface area (Å²) in [5.41, 5.74) is 2.02. The lowest BCUT2D eigenvalue weighted by Crippen LogP contribution is -2.28. The molecule has 2 aromatic carbocycles. The first-order chi connectivity index (χ1) is 14.6. The van der Waals surface area contributed by atoms with Crippen LogP contribution in [0.25, 0.3) is 6.08 Å². The third kappa shape index (κ3) is 4.49. The maximum absolute atomic E-state index is 13.1. The van der Waals surface area contributed by atoms with Gasteiger partial charge in [0.15, 0.2) is 5.17 Å². The van der Waals surface area contributed by atoms with Crippen LogP contribution in [-0.2, 0) is 17.9 Å². The normalized spacial score (nSPS) is 16.5. The summed E-state index contributed by atoms with van der Waals surface area (Å²) < 4.78 is 5.17. The number of hydrogen-bond donors (Lipinski definition) is 0. The molecule has 2 heterocycles. The van der Waals surface area contributed by atoms with Crippen molar-refractivity contribution in [3.05, 3.63) is 105 Å². The average molecular weight is 419 g/mol. The van der Waals surface area contributed by atoms with Crippen molar-refractivity contribution >= 4 is 34.8 Å². The number of amides is 1. The van der Waals surface area contributed by atoms with Gasteiger partial charge in [-0.25, -0.2) is 0 Å². The Morgan fingerprint density at radius 2 is 1.67 bits per heavy atom. The molecule has 0 atom stereocenters. The van der Waals surface area contributed by atoms with E-state index in [4.69, 9.17) is 4.42 Å². The molecule has 1 amide bonds. The Hall–Kier alpha value is -3.65. The van der Waals surface area contributed by atoms with Crippen LogP contribution in [-0.4, -0.2) is 20.9 Å². The highest BCUT2D eigenvalue weighted by molar-refractivity contribution is 8.18. The van der Waals surface area contributed by atoms with E-state index in [1.54, 1.807) is 4.90 Å². The Labute approximate surface area is 176 Å². The van der Waals surface area contributed by atoms with Crippen molar-refractivity contribution in [2.75, 3.05) is 0 Å². The maximum atomic E-state index is 13.1. The lowest BCUT2D eigenvalue weighted by atomic mass is 10.2. The van der Waals surface area contributed by atoms with Crippen LogP contribution in [0.5, 0.6) is 0 Å². The molecule has 0 spiro atoms. The Balaban J connectivity index is 1.62. The third-order valence-electron chi connectivity index (χ3n) is 4.38. The van der Waals surface area contributed by atoms with Crippen LogP contribution >= 0.6 is 11.8 Å². The summed E-state index contributed by atoms with van der Waals surface area (Å²) in [5.74, 6) is -0.326. The number of carbonyl (C=O) groups is 1. The minimum atomic E-state index is -0.611. The molecule has 0 N–H and O–H groups in total. The molecule has 1 fully saturated rings. The number of nitro groups is 1. The fourth-order valence-electron chi connectivity index (χ4n) is 2.92. The number of nitrogens with zero attached hydrogens (tertiary/aromatic N) is 3. The van der Waals surface area contributed by atoms with Gasteiger partial charge in [-0.3, -0.25) is 24.8 Å². The fraction of sp³-hybridized carbons (Fsp3) is 0.0909. The van der Waals surface area contributed by atoms with Crippen molar-refractivity contribution in [3.63, 3.8) is 0 Å². The molecule has 7 nitrogen and oxygen atoms in total. The molecular weight excluding hydrogens is 402 g/mol. The van der Waals surface area contributed by atoms with Crippen molar-refractivity contribution < 1.29 is 14.1 Å². The van der Waals surface area contributed by atoms with Gasteiger partial charge in [-0.2, -0.15) is 0 Å². The van der Waals surface area contributed by atoms with E-state index in [0.717, 1.165) is 11.1 Å². The van der Waals surface area contributed by atoms with Crippen LogP contribution in [0.2, 0.25) is 0 Å². The Morgan fingerprint density at radius 3 is 2.30 bits per heavy atom. The first-order valence-corrected chi connectivity index (χ1v) is 10.00. The fourth-order valence-corrected chi connectivity index (χ4v) is 3.88. The molecular formula is C22H17N3O4S. The Morgan fingerprint density at radius 1 is 1.00 bits per heavy atom. The van der Waals surface area contributed by atoms with Crippen molar-refractivity contribution in [2.45, 2.75) is 13.1 Å². The third-order valence-corrected chi connectivity index (χ3v) is 5.42. The number of benzene rings is 2. The smallest absolute Gasteiger partial charge is 0.401 e. The molecule has 0 saturated carbocycles. The highest BCUT2D eigenvalue weighted by Gasteiger charge is 2.33. The number of rotatable bonds is 6.